The number of nitrogens with zero attached hydrogens (tertiary/aromatic N) is 2. The molecule has 0 bridgehead atoms. The van der Waals surface area contributed by atoms with Crippen molar-refractivity contribution < 1.29 is 14.5 Å². The van der Waals surface area contributed by atoms with Crippen molar-refractivity contribution in [1.29, 1.82) is 0 Å². The van der Waals surface area contributed by atoms with Gasteiger partial charge < -0.3 is 9.80 Å². The van der Waals surface area contributed by atoms with Crippen LogP contribution in [0.25, 0.3) is 0 Å². The summed E-state index contributed by atoms with van der Waals surface area (Å²) in [6, 6.07) is 17.6. The fourth-order valence-corrected chi connectivity index (χ4v) is 4.30. The number of halogens is 1. The molecular weight excluding hydrogens is 374 g/mol. The van der Waals surface area contributed by atoms with Crippen LogP contribution in [0, 0.1) is 0 Å². The van der Waals surface area contributed by atoms with Crippen molar-refractivity contribution in [3.8, 4) is 0 Å². The summed E-state index contributed by atoms with van der Waals surface area (Å²) in [6.07, 6.45) is 1.05. The number of quaternary nitrogens is 1. The van der Waals surface area contributed by atoms with Gasteiger partial charge in [0, 0.05) is 17.3 Å². The summed E-state index contributed by atoms with van der Waals surface area (Å²) in [5.41, 5.74) is 2.30. The molecule has 28 heavy (non-hydrogen) atoms. The van der Waals surface area contributed by atoms with E-state index in [0.717, 1.165) is 42.5 Å². The lowest BCUT2D eigenvalue weighted by atomic mass is 10.1. The fraction of sp³-hybridized carbons (Fsp3) is 0.364. The minimum absolute atomic E-state index is 0.00382. The topological polar surface area (TPSA) is 45.1 Å². The molecule has 0 radical (unpaired) electrons. The van der Waals surface area contributed by atoms with E-state index < -0.39 is 0 Å². The van der Waals surface area contributed by atoms with Crippen LogP contribution in [-0.2, 0) is 16.0 Å². The van der Waals surface area contributed by atoms with Crippen LogP contribution in [0.1, 0.15) is 12.0 Å². The van der Waals surface area contributed by atoms with E-state index in [0.29, 0.717) is 19.4 Å². The highest BCUT2D eigenvalue weighted by Gasteiger charge is 2.45. The van der Waals surface area contributed by atoms with Crippen LogP contribution < -0.4 is 9.80 Å². The number of likely N-dealkylation sites (tertiary alicyclic amines) is 1. The highest BCUT2D eigenvalue weighted by molar-refractivity contribution is 6.30. The first kappa shape index (κ1) is 19.0. The van der Waals surface area contributed by atoms with Crippen molar-refractivity contribution in [2.75, 3.05) is 37.6 Å². The van der Waals surface area contributed by atoms with Crippen molar-refractivity contribution in [2.45, 2.75) is 18.9 Å². The van der Waals surface area contributed by atoms with Crippen molar-refractivity contribution in [2.24, 2.45) is 0 Å². The highest BCUT2D eigenvalue weighted by atomic mass is 35.5. The molecule has 5 nitrogen and oxygen atoms in total. The van der Waals surface area contributed by atoms with E-state index in [4.69, 9.17) is 11.6 Å². The number of hydrogen-bond acceptors (Lipinski definition) is 3. The highest BCUT2D eigenvalue weighted by Crippen LogP contribution is 2.18. The van der Waals surface area contributed by atoms with Gasteiger partial charge in [-0.15, -0.1) is 0 Å². The van der Waals surface area contributed by atoms with Gasteiger partial charge in [-0.3, -0.25) is 14.5 Å². The van der Waals surface area contributed by atoms with Crippen LogP contribution in [0.4, 0.5) is 5.69 Å². The van der Waals surface area contributed by atoms with Crippen molar-refractivity contribution in [3.63, 3.8) is 0 Å². The number of benzene rings is 2. The molecule has 2 heterocycles. The quantitative estimate of drug-likeness (QED) is 0.775. The third-order valence-corrected chi connectivity index (χ3v) is 6.05. The maximum Gasteiger partial charge on any atom is 0.288 e. The Balaban J connectivity index is 1.33. The normalized spacial score (nSPS) is 20.8. The van der Waals surface area contributed by atoms with Crippen LogP contribution in [-0.4, -0.2) is 55.5 Å². The Kier molecular flexibility index (Phi) is 5.64. The lowest BCUT2D eigenvalue weighted by Crippen LogP contribution is -3.19. The first-order chi connectivity index (χ1) is 13.6. The van der Waals surface area contributed by atoms with E-state index >= 15 is 0 Å². The zero-order chi connectivity index (χ0) is 19.5. The fourth-order valence-electron chi connectivity index (χ4n) is 4.18. The number of nitrogens with one attached hydrogen (secondary N) is 1. The smallest absolute Gasteiger partial charge is 0.288 e. The first-order valence-electron chi connectivity index (χ1n) is 9.85. The van der Waals surface area contributed by atoms with Gasteiger partial charge in [-0.2, -0.15) is 0 Å². The third kappa shape index (κ3) is 4.05. The van der Waals surface area contributed by atoms with E-state index in [9.17, 15) is 9.59 Å². The third-order valence-electron chi connectivity index (χ3n) is 5.80. The number of carbonyl (C=O) groups is 2. The van der Waals surface area contributed by atoms with Gasteiger partial charge in [0.05, 0.1) is 32.6 Å². The summed E-state index contributed by atoms with van der Waals surface area (Å²) >= 11 is 5.97. The molecular formula is C22H25ClN3O2+. The van der Waals surface area contributed by atoms with Gasteiger partial charge in [0.1, 0.15) is 0 Å². The number of piperazine rings is 1. The lowest BCUT2D eigenvalue weighted by molar-refractivity contribution is -0.915. The molecule has 2 aromatic rings. The standard InChI is InChI=1S/C22H24ClN3O2/c23-18-6-8-19(9-7-18)24-12-14-25(15-13-24)20-16-21(27)26(22(20)28)11-10-17-4-2-1-3-5-17/h1-9,20H,10-16H2/p+1/t20-/m1/s1. The summed E-state index contributed by atoms with van der Waals surface area (Å²) in [6.45, 7) is 3.94. The number of rotatable bonds is 5. The molecule has 0 aliphatic carbocycles. The van der Waals surface area contributed by atoms with Crippen molar-refractivity contribution in [3.05, 3.63) is 65.2 Å². The van der Waals surface area contributed by atoms with Gasteiger partial charge in [-0.1, -0.05) is 41.9 Å². The van der Waals surface area contributed by atoms with Gasteiger partial charge in [-0.05, 0) is 36.2 Å². The number of hydrogen-bond donors (Lipinski definition) is 1. The zero-order valence-corrected chi connectivity index (χ0v) is 16.6. The maximum absolute atomic E-state index is 12.9. The minimum atomic E-state index is -0.226. The predicted molar refractivity (Wildman–Crippen MR) is 110 cm³/mol. The molecule has 1 N–H and O–H groups in total. The summed E-state index contributed by atoms with van der Waals surface area (Å²) in [7, 11) is 0. The van der Waals surface area contributed by atoms with Crippen LogP contribution in [0.2, 0.25) is 5.02 Å². The van der Waals surface area contributed by atoms with Gasteiger partial charge in [-0.25, -0.2) is 0 Å². The minimum Gasteiger partial charge on any atom is -0.360 e. The van der Waals surface area contributed by atoms with E-state index in [-0.39, 0.29) is 17.9 Å². The van der Waals surface area contributed by atoms with E-state index in [1.54, 1.807) is 0 Å². The molecule has 2 fully saturated rings. The molecule has 6 heteroatoms. The summed E-state index contributed by atoms with van der Waals surface area (Å²) in [4.78, 5) is 30.3. The number of anilines is 1. The SMILES string of the molecule is O=C1C[C@@H]([NH+]2CCN(c3ccc(Cl)cc3)CC2)C(=O)N1CCc1ccccc1. The molecule has 0 unspecified atom stereocenters. The summed E-state index contributed by atoms with van der Waals surface area (Å²) in [5.74, 6) is -0.0329. The van der Waals surface area contributed by atoms with E-state index in [1.165, 1.54) is 9.80 Å². The number of imide groups is 1. The molecule has 0 spiro atoms. The molecule has 2 aliphatic heterocycles. The Labute approximate surface area is 170 Å². The zero-order valence-electron chi connectivity index (χ0n) is 15.8. The Morgan fingerprint density at radius 1 is 0.964 bits per heavy atom. The van der Waals surface area contributed by atoms with Crippen LogP contribution in [0.15, 0.2) is 54.6 Å². The van der Waals surface area contributed by atoms with Gasteiger partial charge in [0.2, 0.25) is 5.91 Å². The van der Waals surface area contributed by atoms with Crippen molar-refractivity contribution >= 4 is 29.1 Å². The van der Waals surface area contributed by atoms with Gasteiger partial charge in [0.25, 0.3) is 5.91 Å². The monoisotopic (exact) mass is 398 g/mol. The van der Waals surface area contributed by atoms with Crippen molar-refractivity contribution in [1.82, 2.24) is 4.90 Å². The molecule has 146 valence electrons. The Morgan fingerprint density at radius 2 is 1.64 bits per heavy atom. The molecule has 4 rings (SSSR count). The molecule has 2 saturated heterocycles. The second-order valence-electron chi connectivity index (χ2n) is 7.50. The maximum atomic E-state index is 12.9. The Bertz CT molecular complexity index is 833. The molecule has 2 amide bonds. The molecule has 0 saturated carbocycles. The van der Waals surface area contributed by atoms with Gasteiger partial charge in [0.15, 0.2) is 6.04 Å². The number of amides is 2. The average Bonchev–Trinajstić information content (AvgIpc) is 3.01. The molecule has 2 aromatic carbocycles. The Morgan fingerprint density at radius 3 is 2.32 bits per heavy atom. The van der Waals surface area contributed by atoms with Crippen LogP contribution in [0.3, 0.4) is 0 Å². The number of carbonyl (C=O) groups excluding carboxylic acids is 2. The second-order valence-corrected chi connectivity index (χ2v) is 7.93. The predicted octanol–water partition coefficient (Wildman–Crippen LogP) is 1.42. The summed E-state index contributed by atoms with van der Waals surface area (Å²) < 4.78 is 0. The second kappa shape index (κ2) is 8.33. The lowest BCUT2D eigenvalue weighted by Gasteiger charge is -2.35. The molecule has 2 aliphatic rings. The average molecular weight is 399 g/mol. The molecule has 0 aromatic heterocycles. The van der Waals surface area contributed by atoms with Gasteiger partial charge >= 0.3 is 0 Å². The molecule has 1 atom stereocenters. The first-order valence-corrected chi connectivity index (χ1v) is 10.2. The van der Waals surface area contributed by atoms with E-state index in [2.05, 4.69) is 4.90 Å². The van der Waals surface area contributed by atoms with Crippen LogP contribution >= 0.6 is 11.6 Å². The Hall–Kier alpha value is -2.37. The largest absolute Gasteiger partial charge is 0.360 e. The van der Waals surface area contributed by atoms with E-state index in [1.807, 2.05) is 54.6 Å². The summed E-state index contributed by atoms with van der Waals surface area (Å²) in [5, 5.41) is 0.735. The van der Waals surface area contributed by atoms with Crippen LogP contribution in [0.5, 0.6) is 0 Å².